The van der Waals surface area contributed by atoms with Gasteiger partial charge in [0.1, 0.15) is 0 Å². The summed E-state index contributed by atoms with van der Waals surface area (Å²) in [6, 6.07) is 0. The van der Waals surface area contributed by atoms with Gasteiger partial charge in [0.05, 0.1) is 12.7 Å². The highest BCUT2D eigenvalue weighted by Crippen LogP contribution is 2.09. The molecular formula is C8H15N3O. The molecule has 1 unspecified atom stereocenters. The van der Waals surface area contributed by atoms with E-state index in [9.17, 15) is 4.79 Å². The molecular weight excluding hydrogens is 154 g/mol. The summed E-state index contributed by atoms with van der Waals surface area (Å²) in [6.45, 7) is 3.44. The minimum atomic E-state index is 0.240. The Hall–Kier alpha value is -0.610. The average molecular weight is 169 g/mol. The maximum atomic E-state index is 11.5. The summed E-state index contributed by atoms with van der Waals surface area (Å²) in [4.78, 5) is 13.4. The Kier molecular flexibility index (Phi) is 2.28. The summed E-state index contributed by atoms with van der Waals surface area (Å²) in [5.74, 6) is 0.240. The topological polar surface area (TPSA) is 44.4 Å². The molecule has 0 spiro atoms. The normalized spacial score (nSPS) is 31.2. The number of hydrogen-bond donors (Lipinski definition) is 2. The standard InChI is InChI=1S/C8H15N3O/c12-8-6-9-4-2-7-10-3-1-5-11(7)8/h7,9-10H,1-6H2. The zero-order valence-electron chi connectivity index (χ0n) is 7.18. The minimum Gasteiger partial charge on any atom is -0.326 e. The third kappa shape index (κ3) is 1.44. The van der Waals surface area contributed by atoms with Crippen molar-refractivity contribution in [3.05, 3.63) is 0 Å². The molecule has 0 bridgehead atoms. The number of rotatable bonds is 0. The second-order valence-electron chi connectivity index (χ2n) is 3.38. The Labute approximate surface area is 72.3 Å². The molecule has 2 rings (SSSR count). The Balaban J connectivity index is 2.06. The van der Waals surface area contributed by atoms with Crippen LogP contribution in [-0.4, -0.2) is 43.2 Å². The second-order valence-corrected chi connectivity index (χ2v) is 3.38. The van der Waals surface area contributed by atoms with E-state index >= 15 is 0 Å². The Morgan fingerprint density at radius 3 is 3.25 bits per heavy atom. The fourth-order valence-corrected chi connectivity index (χ4v) is 1.88. The molecule has 1 atom stereocenters. The lowest BCUT2D eigenvalue weighted by atomic mass is 10.2. The van der Waals surface area contributed by atoms with E-state index in [1.54, 1.807) is 0 Å². The summed E-state index contributed by atoms with van der Waals surface area (Å²) >= 11 is 0. The van der Waals surface area contributed by atoms with Crippen LogP contribution < -0.4 is 10.6 Å². The van der Waals surface area contributed by atoms with Crippen LogP contribution in [0.5, 0.6) is 0 Å². The number of carbonyl (C=O) groups is 1. The maximum absolute atomic E-state index is 11.5. The van der Waals surface area contributed by atoms with Crippen LogP contribution in [0, 0.1) is 0 Å². The van der Waals surface area contributed by atoms with Gasteiger partial charge in [-0.05, 0) is 25.9 Å². The van der Waals surface area contributed by atoms with Gasteiger partial charge in [-0.2, -0.15) is 0 Å². The molecule has 0 aromatic rings. The fraction of sp³-hybridized carbons (Fsp3) is 0.875. The van der Waals surface area contributed by atoms with Gasteiger partial charge in [-0.25, -0.2) is 0 Å². The third-order valence-electron chi connectivity index (χ3n) is 2.52. The van der Waals surface area contributed by atoms with Crippen LogP contribution in [-0.2, 0) is 4.79 Å². The molecule has 68 valence electrons. The molecule has 2 heterocycles. The lowest BCUT2D eigenvalue weighted by molar-refractivity contribution is -0.133. The molecule has 2 aliphatic heterocycles. The molecule has 2 N–H and O–H groups in total. The van der Waals surface area contributed by atoms with Crippen molar-refractivity contribution in [3.8, 4) is 0 Å². The predicted octanol–water partition coefficient (Wildman–Crippen LogP) is -0.872. The fourth-order valence-electron chi connectivity index (χ4n) is 1.88. The van der Waals surface area contributed by atoms with Crippen LogP contribution in [0.2, 0.25) is 0 Å². The number of hydrogen-bond acceptors (Lipinski definition) is 3. The number of nitrogens with zero attached hydrogens (tertiary/aromatic N) is 1. The van der Waals surface area contributed by atoms with Crippen molar-refractivity contribution >= 4 is 5.91 Å². The first-order valence-corrected chi connectivity index (χ1v) is 4.61. The van der Waals surface area contributed by atoms with Gasteiger partial charge in [-0.15, -0.1) is 0 Å². The van der Waals surface area contributed by atoms with Crippen molar-refractivity contribution in [2.45, 2.75) is 19.0 Å². The van der Waals surface area contributed by atoms with Gasteiger partial charge in [0, 0.05) is 6.54 Å². The van der Waals surface area contributed by atoms with E-state index in [1.807, 2.05) is 4.90 Å². The molecule has 2 saturated heterocycles. The van der Waals surface area contributed by atoms with Crippen molar-refractivity contribution < 1.29 is 4.79 Å². The van der Waals surface area contributed by atoms with E-state index < -0.39 is 0 Å². The van der Waals surface area contributed by atoms with Gasteiger partial charge in [0.2, 0.25) is 5.91 Å². The molecule has 0 radical (unpaired) electrons. The molecule has 0 aromatic heterocycles. The van der Waals surface area contributed by atoms with E-state index in [0.29, 0.717) is 12.7 Å². The van der Waals surface area contributed by atoms with Crippen LogP contribution in [0.4, 0.5) is 0 Å². The highest BCUT2D eigenvalue weighted by Gasteiger charge is 2.27. The van der Waals surface area contributed by atoms with Crippen molar-refractivity contribution in [2.75, 3.05) is 26.2 Å². The van der Waals surface area contributed by atoms with Gasteiger partial charge in [0.25, 0.3) is 0 Å². The first-order valence-electron chi connectivity index (χ1n) is 4.61. The van der Waals surface area contributed by atoms with Crippen LogP contribution in [0.3, 0.4) is 0 Å². The van der Waals surface area contributed by atoms with Crippen LogP contribution in [0.15, 0.2) is 0 Å². The summed E-state index contributed by atoms with van der Waals surface area (Å²) in [7, 11) is 0. The lowest BCUT2D eigenvalue weighted by Gasteiger charge is -2.34. The van der Waals surface area contributed by atoms with Crippen molar-refractivity contribution in [3.63, 3.8) is 0 Å². The van der Waals surface area contributed by atoms with Gasteiger partial charge < -0.3 is 10.2 Å². The molecule has 0 aromatic carbocycles. The van der Waals surface area contributed by atoms with Gasteiger partial charge in [-0.3, -0.25) is 10.1 Å². The molecule has 2 fully saturated rings. The molecule has 0 aliphatic carbocycles. The van der Waals surface area contributed by atoms with Crippen LogP contribution in [0.25, 0.3) is 0 Å². The minimum absolute atomic E-state index is 0.240. The molecule has 4 heteroatoms. The van der Waals surface area contributed by atoms with Crippen molar-refractivity contribution in [1.82, 2.24) is 15.5 Å². The van der Waals surface area contributed by atoms with Gasteiger partial charge >= 0.3 is 0 Å². The van der Waals surface area contributed by atoms with Gasteiger partial charge in [-0.1, -0.05) is 0 Å². The van der Waals surface area contributed by atoms with E-state index in [1.165, 1.54) is 0 Å². The number of carbonyl (C=O) groups excluding carboxylic acids is 1. The Morgan fingerprint density at radius 2 is 2.33 bits per heavy atom. The monoisotopic (exact) mass is 169 g/mol. The van der Waals surface area contributed by atoms with E-state index in [4.69, 9.17) is 0 Å². The summed E-state index contributed by atoms with van der Waals surface area (Å²) in [6.07, 6.45) is 2.41. The van der Waals surface area contributed by atoms with Crippen LogP contribution >= 0.6 is 0 Å². The quantitative estimate of drug-likeness (QED) is 0.495. The third-order valence-corrected chi connectivity index (χ3v) is 2.52. The zero-order chi connectivity index (χ0) is 8.39. The van der Waals surface area contributed by atoms with E-state index in [-0.39, 0.29) is 5.91 Å². The largest absolute Gasteiger partial charge is 0.326 e. The van der Waals surface area contributed by atoms with E-state index in [2.05, 4.69) is 10.6 Å². The van der Waals surface area contributed by atoms with Crippen molar-refractivity contribution in [2.24, 2.45) is 0 Å². The lowest BCUT2D eigenvalue weighted by Crippen LogP contribution is -2.53. The highest BCUT2D eigenvalue weighted by atomic mass is 16.2. The first kappa shape index (κ1) is 8.01. The molecule has 12 heavy (non-hydrogen) atoms. The summed E-state index contributed by atoms with van der Waals surface area (Å²) < 4.78 is 0. The number of nitrogens with one attached hydrogen (secondary N) is 2. The molecule has 1 amide bonds. The SMILES string of the molecule is O=C1CNCCC2NCCCN12. The molecule has 4 nitrogen and oxygen atoms in total. The average Bonchev–Trinajstić information content (AvgIpc) is 2.29. The Morgan fingerprint density at radius 1 is 1.42 bits per heavy atom. The number of amides is 1. The number of fused-ring (bicyclic) bond motifs is 1. The smallest absolute Gasteiger partial charge is 0.237 e. The van der Waals surface area contributed by atoms with E-state index in [0.717, 1.165) is 32.5 Å². The van der Waals surface area contributed by atoms with Crippen LogP contribution in [0.1, 0.15) is 12.8 Å². The predicted molar refractivity (Wildman–Crippen MR) is 45.6 cm³/mol. The zero-order valence-corrected chi connectivity index (χ0v) is 7.18. The first-order chi connectivity index (χ1) is 5.88. The summed E-state index contributed by atoms with van der Waals surface area (Å²) in [5, 5.41) is 6.48. The Bertz CT molecular complexity index is 183. The summed E-state index contributed by atoms with van der Waals surface area (Å²) in [5.41, 5.74) is 0. The highest BCUT2D eigenvalue weighted by molar-refractivity contribution is 5.78. The second kappa shape index (κ2) is 3.41. The van der Waals surface area contributed by atoms with Gasteiger partial charge in [0.15, 0.2) is 0 Å². The molecule has 2 aliphatic rings. The molecule has 0 saturated carbocycles. The maximum Gasteiger partial charge on any atom is 0.237 e. The van der Waals surface area contributed by atoms with Crippen molar-refractivity contribution in [1.29, 1.82) is 0 Å².